The van der Waals surface area contributed by atoms with Crippen LogP contribution in [-0.4, -0.2) is 19.6 Å². The molecule has 0 amide bonds. The smallest absolute Gasteiger partial charge is 0.208 e. The Morgan fingerprint density at radius 2 is 1.79 bits per heavy atom. The highest BCUT2D eigenvalue weighted by atomic mass is 32.2. The molecule has 2 rings (SSSR count). The SMILES string of the molecule is O=S(=O)(NC1CCCCC1)c1ccc(N=C=S)cc1. The summed E-state index contributed by atoms with van der Waals surface area (Å²) in [4.78, 5) is 4.06. The van der Waals surface area contributed by atoms with E-state index in [1.54, 1.807) is 12.1 Å². The third kappa shape index (κ3) is 3.94. The number of thiocarbonyl (C=S) groups is 1. The van der Waals surface area contributed by atoms with Crippen molar-refractivity contribution in [3.05, 3.63) is 24.3 Å². The van der Waals surface area contributed by atoms with Crippen LogP contribution in [0.3, 0.4) is 0 Å². The molecule has 1 N–H and O–H groups in total. The second-order valence-corrected chi connectivity index (χ2v) is 6.55. The van der Waals surface area contributed by atoms with Crippen LogP contribution in [-0.2, 0) is 10.0 Å². The summed E-state index contributed by atoms with van der Waals surface area (Å²) in [6.07, 6.45) is 5.23. The Bertz CT molecular complexity index is 569. The molecule has 0 spiro atoms. The number of nitrogens with zero attached hydrogens (tertiary/aromatic N) is 1. The fraction of sp³-hybridized carbons (Fsp3) is 0.462. The van der Waals surface area contributed by atoms with Crippen LogP contribution in [0.5, 0.6) is 0 Å². The highest BCUT2D eigenvalue weighted by Gasteiger charge is 2.21. The van der Waals surface area contributed by atoms with Gasteiger partial charge in [0, 0.05) is 6.04 Å². The Kier molecular flexibility index (Phi) is 4.82. The topological polar surface area (TPSA) is 58.5 Å². The molecular formula is C13H16N2O2S2. The zero-order valence-corrected chi connectivity index (χ0v) is 12.1. The van der Waals surface area contributed by atoms with E-state index in [1.807, 2.05) is 0 Å². The van der Waals surface area contributed by atoms with E-state index in [9.17, 15) is 8.42 Å². The molecule has 0 heterocycles. The summed E-state index contributed by atoms with van der Waals surface area (Å²) in [6, 6.07) is 6.38. The van der Waals surface area contributed by atoms with Crippen LogP contribution < -0.4 is 4.72 Å². The Hall–Kier alpha value is -1.07. The van der Waals surface area contributed by atoms with E-state index in [0.29, 0.717) is 5.69 Å². The molecule has 1 aliphatic carbocycles. The number of rotatable bonds is 4. The minimum Gasteiger partial charge on any atom is -0.208 e. The van der Waals surface area contributed by atoms with E-state index in [4.69, 9.17) is 0 Å². The van der Waals surface area contributed by atoms with E-state index in [1.165, 1.54) is 18.6 Å². The van der Waals surface area contributed by atoms with Gasteiger partial charge in [-0.25, -0.2) is 13.1 Å². The van der Waals surface area contributed by atoms with Crippen molar-refractivity contribution in [1.29, 1.82) is 0 Å². The maximum atomic E-state index is 12.2. The van der Waals surface area contributed by atoms with Crippen LogP contribution in [0.15, 0.2) is 34.2 Å². The molecular weight excluding hydrogens is 280 g/mol. The maximum Gasteiger partial charge on any atom is 0.240 e. The molecule has 102 valence electrons. The molecule has 0 atom stereocenters. The molecule has 0 aromatic heterocycles. The summed E-state index contributed by atoms with van der Waals surface area (Å²) in [7, 11) is -3.43. The molecule has 0 radical (unpaired) electrons. The third-order valence-electron chi connectivity index (χ3n) is 3.25. The van der Waals surface area contributed by atoms with Gasteiger partial charge < -0.3 is 0 Å². The second-order valence-electron chi connectivity index (χ2n) is 4.65. The number of nitrogens with one attached hydrogen (secondary N) is 1. The van der Waals surface area contributed by atoms with Crippen LogP contribution in [0, 0.1) is 0 Å². The number of aliphatic imine (C=N–C) groups is 1. The lowest BCUT2D eigenvalue weighted by molar-refractivity contribution is 0.412. The molecule has 1 aliphatic rings. The summed E-state index contributed by atoms with van der Waals surface area (Å²) >= 11 is 4.50. The van der Waals surface area contributed by atoms with Crippen LogP contribution in [0.25, 0.3) is 0 Å². The number of sulfonamides is 1. The van der Waals surface area contributed by atoms with Crippen LogP contribution >= 0.6 is 12.2 Å². The van der Waals surface area contributed by atoms with Crippen molar-refractivity contribution >= 4 is 33.1 Å². The average molecular weight is 296 g/mol. The van der Waals surface area contributed by atoms with Gasteiger partial charge in [0.25, 0.3) is 0 Å². The van der Waals surface area contributed by atoms with Gasteiger partial charge in [-0.2, -0.15) is 4.99 Å². The van der Waals surface area contributed by atoms with Gasteiger partial charge in [-0.3, -0.25) is 0 Å². The standard InChI is InChI=1S/C13H16N2O2S2/c16-19(17,15-12-4-2-1-3-5-12)13-8-6-11(7-9-13)14-10-18/h6-9,12,15H,1-5H2. The Balaban J connectivity index is 2.11. The molecule has 1 fully saturated rings. The lowest BCUT2D eigenvalue weighted by Crippen LogP contribution is -2.36. The summed E-state index contributed by atoms with van der Waals surface area (Å²) < 4.78 is 27.2. The van der Waals surface area contributed by atoms with Crippen molar-refractivity contribution in [2.75, 3.05) is 0 Å². The Morgan fingerprint density at radius 1 is 1.16 bits per heavy atom. The first-order valence-electron chi connectivity index (χ1n) is 6.32. The molecule has 1 aromatic carbocycles. The van der Waals surface area contributed by atoms with Gasteiger partial charge in [-0.15, -0.1) is 0 Å². The maximum absolute atomic E-state index is 12.2. The first-order chi connectivity index (χ1) is 9.12. The number of isothiocyanates is 1. The van der Waals surface area contributed by atoms with Crippen LogP contribution in [0.2, 0.25) is 0 Å². The minimum absolute atomic E-state index is 0.0671. The fourth-order valence-electron chi connectivity index (χ4n) is 2.26. The van der Waals surface area contributed by atoms with Crippen LogP contribution in [0.4, 0.5) is 5.69 Å². The van der Waals surface area contributed by atoms with E-state index in [2.05, 4.69) is 27.1 Å². The first-order valence-corrected chi connectivity index (χ1v) is 8.21. The van der Waals surface area contributed by atoms with Gasteiger partial charge in [-0.1, -0.05) is 19.3 Å². The van der Waals surface area contributed by atoms with Crippen LogP contribution in [0.1, 0.15) is 32.1 Å². The first kappa shape index (κ1) is 14.3. The Labute approximate surface area is 119 Å². The van der Waals surface area contributed by atoms with E-state index in [-0.39, 0.29) is 10.9 Å². The molecule has 0 bridgehead atoms. The van der Waals surface area contributed by atoms with Crippen molar-refractivity contribution < 1.29 is 8.42 Å². The van der Waals surface area contributed by atoms with Crippen molar-refractivity contribution in [2.45, 2.75) is 43.0 Å². The van der Waals surface area contributed by atoms with Gasteiger partial charge >= 0.3 is 0 Å². The Morgan fingerprint density at radius 3 is 2.37 bits per heavy atom. The molecule has 4 nitrogen and oxygen atoms in total. The minimum atomic E-state index is -3.43. The van der Waals surface area contributed by atoms with E-state index in [0.717, 1.165) is 25.7 Å². The number of hydrogen-bond donors (Lipinski definition) is 1. The van der Waals surface area contributed by atoms with Crippen molar-refractivity contribution in [1.82, 2.24) is 4.72 Å². The fourth-order valence-corrected chi connectivity index (χ4v) is 3.67. The van der Waals surface area contributed by atoms with Crippen molar-refractivity contribution in [3.63, 3.8) is 0 Å². The summed E-state index contributed by atoms with van der Waals surface area (Å²) in [5, 5.41) is 2.25. The quantitative estimate of drug-likeness (QED) is 0.686. The largest absolute Gasteiger partial charge is 0.240 e. The summed E-state index contributed by atoms with van der Waals surface area (Å²) in [5.74, 6) is 0. The summed E-state index contributed by atoms with van der Waals surface area (Å²) in [6.45, 7) is 0. The molecule has 1 saturated carbocycles. The number of hydrogen-bond acceptors (Lipinski definition) is 4. The van der Waals surface area contributed by atoms with Gasteiger partial charge in [0.05, 0.1) is 15.7 Å². The molecule has 6 heteroatoms. The average Bonchev–Trinajstić information content (AvgIpc) is 2.40. The highest BCUT2D eigenvalue weighted by Crippen LogP contribution is 2.21. The highest BCUT2D eigenvalue weighted by molar-refractivity contribution is 7.89. The molecule has 0 saturated heterocycles. The lowest BCUT2D eigenvalue weighted by atomic mass is 9.96. The summed E-state index contributed by atoms with van der Waals surface area (Å²) in [5.41, 5.74) is 0.603. The molecule has 1 aromatic rings. The van der Waals surface area contributed by atoms with Gasteiger partial charge in [0.2, 0.25) is 10.0 Å². The lowest BCUT2D eigenvalue weighted by Gasteiger charge is -2.22. The molecule has 19 heavy (non-hydrogen) atoms. The molecule has 0 aliphatic heterocycles. The predicted molar refractivity (Wildman–Crippen MR) is 78.3 cm³/mol. The number of benzene rings is 1. The van der Waals surface area contributed by atoms with Crippen molar-refractivity contribution in [2.24, 2.45) is 4.99 Å². The zero-order valence-electron chi connectivity index (χ0n) is 10.5. The zero-order chi connectivity index (χ0) is 13.7. The second kappa shape index (κ2) is 6.39. The van der Waals surface area contributed by atoms with E-state index >= 15 is 0 Å². The van der Waals surface area contributed by atoms with E-state index < -0.39 is 10.0 Å². The van der Waals surface area contributed by atoms with Crippen molar-refractivity contribution in [3.8, 4) is 0 Å². The van der Waals surface area contributed by atoms with Gasteiger partial charge in [-0.05, 0) is 49.3 Å². The third-order valence-corrected chi connectivity index (χ3v) is 4.88. The monoisotopic (exact) mass is 296 g/mol. The van der Waals surface area contributed by atoms with Gasteiger partial charge in [0.1, 0.15) is 0 Å². The van der Waals surface area contributed by atoms with Gasteiger partial charge in [0.15, 0.2) is 0 Å². The predicted octanol–water partition coefficient (Wildman–Crippen LogP) is 3.03. The molecule has 0 unspecified atom stereocenters. The normalized spacial score (nSPS) is 16.8.